The van der Waals surface area contributed by atoms with Gasteiger partial charge in [0.2, 0.25) is 0 Å². The molecule has 2 heterocycles. The fourth-order valence-electron chi connectivity index (χ4n) is 1.80. The molecule has 0 amide bonds. The van der Waals surface area contributed by atoms with Crippen molar-refractivity contribution >= 4 is 11.3 Å². The zero-order valence-corrected chi connectivity index (χ0v) is 12.1. The minimum absolute atomic E-state index is 0.132. The predicted molar refractivity (Wildman–Crippen MR) is 76.1 cm³/mol. The number of aliphatic hydroxyl groups excluding tert-OH is 1. The molecule has 0 aliphatic rings. The Balaban J connectivity index is 2.29. The number of rotatable bonds is 2. The van der Waals surface area contributed by atoms with Crippen LogP contribution in [-0.2, 0) is 5.41 Å². The van der Waals surface area contributed by atoms with Crippen LogP contribution in [0.5, 0.6) is 0 Å². The average Bonchev–Trinajstić information content (AvgIpc) is 2.77. The average molecular weight is 261 g/mol. The van der Waals surface area contributed by atoms with Crippen molar-refractivity contribution in [2.75, 3.05) is 0 Å². The maximum absolute atomic E-state index is 10.4. The van der Waals surface area contributed by atoms with E-state index in [4.69, 9.17) is 0 Å². The first-order valence-electron chi connectivity index (χ1n) is 6.08. The minimum atomic E-state index is -0.571. The summed E-state index contributed by atoms with van der Waals surface area (Å²) in [6.07, 6.45) is 2.96. The largest absolute Gasteiger partial charge is 0.383 e. The first-order valence-corrected chi connectivity index (χ1v) is 6.89. The van der Waals surface area contributed by atoms with Crippen molar-refractivity contribution in [3.63, 3.8) is 0 Å². The maximum Gasteiger partial charge on any atom is 0.115 e. The van der Waals surface area contributed by atoms with Gasteiger partial charge in [-0.05, 0) is 30.0 Å². The molecule has 0 bridgehead atoms. The Hall–Kier alpha value is -1.19. The summed E-state index contributed by atoms with van der Waals surface area (Å²) >= 11 is 1.67. The van der Waals surface area contributed by atoms with E-state index in [2.05, 4.69) is 31.8 Å². The second-order valence-corrected chi connectivity index (χ2v) is 6.77. The van der Waals surface area contributed by atoms with Crippen molar-refractivity contribution in [1.82, 2.24) is 4.98 Å². The molecular weight excluding hydrogens is 242 g/mol. The molecule has 1 unspecified atom stereocenters. The summed E-state index contributed by atoms with van der Waals surface area (Å²) in [4.78, 5) is 6.40. The molecule has 2 aromatic rings. The van der Waals surface area contributed by atoms with Gasteiger partial charge >= 0.3 is 0 Å². The molecule has 0 aliphatic carbocycles. The molecule has 2 aromatic heterocycles. The van der Waals surface area contributed by atoms with Gasteiger partial charge in [0.15, 0.2) is 0 Å². The van der Waals surface area contributed by atoms with Crippen LogP contribution in [-0.4, -0.2) is 10.1 Å². The Bertz CT molecular complexity index is 539. The number of aliphatic hydroxyl groups is 1. The summed E-state index contributed by atoms with van der Waals surface area (Å²) in [7, 11) is 0. The highest BCUT2D eigenvalue weighted by Crippen LogP contribution is 2.34. The number of aryl methyl sites for hydroxylation is 1. The van der Waals surface area contributed by atoms with Crippen LogP contribution in [0.15, 0.2) is 30.6 Å². The van der Waals surface area contributed by atoms with Crippen molar-refractivity contribution in [3.8, 4) is 0 Å². The van der Waals surface area contributed by atoms with E-state index >= 15 is 0 Å². The molecule has 0 radical (unpaired) electrons. The van der Waals surface area contributed by atoms with Crippen LogP contribution in [0.4, 0.5) is 0 Å². The Morgan fingerprint density at radius 2 is 1.94 bits per heavy atom. The lowest BCUT2D eigenvalue weighted by Gasteiger charge is -2.15. The SMILES string of the molecule is Cc1cncc(C(O)c2ccc(C(C)(C)C)s2)c1. The number of hydrogen-bond acceptors (Lipinski definition) is 3. The van der Waals surface area contributed by atoms with Gasteiger partial charge in [-0.2, -0.15) is 0 Å². The van der Waals surface area contributed by atoms with Gasteiger partial charge in [-0.3, -0.25) is 4.98 Å². The van der Waals surface area contributed by atoms with Gasteiger partial charge in [0.1, 0.15) is 6.10 Å². The van der Waals surface area contributed by atoms with Gasteiger partial charge in [-0.1, -0.05) is 26.8 Å². The molecular formula is C15H19NOS. The van der Waals surface area contributed by atoms with E-state index in [1.807, 2.05) is 19.1 Å². The molecule has 0 saturated heterocycles. The summed E-state index contributed by atoms with van der Waals surface area (Å²) in [5.41, 5.74) is 2.06. The molecule has 2 rings (SSSR count). The molecule has 96 valence electrons. The highest BCUT2D eigenvalue weighted by atomic mass is 32.1. The summed E-state index contributed by atoms with van der Waals surface area (Å²) < 4.78 is 0. The molecule has 0 aromatic carbocycles. The molecule has 3 heteroatoms. The van der Waals surface area contributed by atoms with E-state index in [0.717, 1.165) is 16.0 Å². The number of nitrogens with zero attached hydrogens (tertiary/aromatic N) is 1. The fourth-order valence-corrected chi connectivity index (χ4v) is 2.88. The lowest BCUT2D eigenvalue weighted by atomic mass is 9.95. The Labute approximate surface area is 112 Å². The van der Waals surface area contributed by atoms with Crippen molar-refractivity contribution in [2.45, 2.75) is 39.2 Å². The molecule has 18 heavy (non-hydrogen) atoms. The second kappa shape index (κ2) is 4.82. The fraction of sp³-hybridized carbons (Fsp3) is 0.400. The standard InChI is InChI=1S/C15H19NOS/c1-10-7-11(9-16-8-10)14(17)12-5-6-13(18-12)15(2,3)4/h5-9,14,17H,1-4H3. The summed E-state index contributed by atoms with van der Waals surface area (Å²) in [5, 5.41) is 10.4. The van der Waals surface area contributed by atoms with Gasteiger partial charge in [0, 0.05) is 27.7 Å². The molecule has 2 nitrogen and oxygen atoms in total. The normalized spacial score (nSPS) is 13.6. The first-order chi connectivity index (χ1) is 8.38. The van der Waals surface area contributed by atoms with Crippen molar-refractivity contribution in [3.05, 3.63) is 51.5 Å². The Morgan fingerprint density at radius 1 is 1.22 bits per heavy atom. The summed E-state index contributed by atoms with van der Waals surface area (Å²) in [6, 6.07) is 6.10. The molecule has 0 saturated carbocycles. The summed E-state index contributed by atoms with van der Waals surface area (Å²) in [6.45, 7) is 8.54. The lowest BCUT2D eigenvalue weighted by molar-refractivity contribution is 0.223. The van der Waals surface area contributed by atoms with Gasteiger partial charge < -0.3 is 5.11 Å². The number of pyridine rings is 1. The Morgan fingerprint density at radius 3 is 2.50 bits per heavy atom. The highest BCUT2D eigenvalue weighted by molar-refractivity contribution is 7.12. The van der Waals surface area contributed by atoms with Crippen LogP contribution >= 0.6 is 11.3 Å². The molecule has 0 spiro atoms. The molecule has 1 N–H and O–H groups in total. The van der Waals surface area contributed by atoms with Crippen LogP contribution in [0.25, 0.3) is 0 Å². The van der Waals surface area contributed by atoms with E-state index in [9.17, 15) is 5.11 Å². The molecule has 0 fully saturated rings. The maximum atomic E-state index is 10.4. The third-order valence-electron chi connectivity index (χ3n) is 2.85. The number of thiophene rings is 1. The molecule has 1 atom stereocenters. The second-order valence-electron chi connectivity index (χ2n) is 5.65. The van der Waals surface area contributed by atoms with E-state index in [1.165, 1.54) is 4.88 Å². The van der Waals surface area contributed by atoms with Crippen LogP contribution in [0, 0.1) is 6.92 Å². The smallest absolute Gasteiger partial charge is 0.115 e. The van der Waals surface area contributed by atoms with E-state index in [1.54, 1.807) is 23.7 Å². The van der Waals surface area contributed by atoms with E-state index < -0.39 is 6.10 Å². The van der Waals surface area contributed by atoms with Crippen molar-refractivity contribution in [2.24, 2.45) is 0 Å². The number of hydrogen-bond donors (Lipinski definition) is 1. The van der Waals surface area contributed by atoms with E-state index in [0.29, 0.717) is 0 Å². The Kier molecular flexibility index (Phi) is 3.55. The van der Waals surface area contributed by atoms with Crippen molar-refractivity contribution < 1.29 is 5.11 Å². The number of aromatic nitrogens is 1. The summed E-state index contributed by atoms with van der Waals surface area (Å²) in [5.74, 6) is 0. The van der Waals surface area contributed by atoms with Gasteiger partial charge in [0.25, 0.3) is 0 Å². The highest BCUT2D eigenvalue weighted by Gasteiger charge is 2.19. The zero-order chi connectivity index (χ0) is 13.3. The molecule has 0 aliphatic heterocycles. The quantitative estimate of drug-likeness (QED) is 0.891. The van der Waals surface area contributed by atoms with Crippen LogP contribution in [0.1, 0.15) is 47.8 Å². The monoisotopic (exact) mass is 261 g/mol. The van der Waals surface area contributed by atoms with Gasteiger partial charge in [0.05, 0.1) is 0 Å². The van der Waals surface area contributed by atoms with Crippen LogP contribution in [0.2, 0.25) is 0 Å². The zero-order valence-electron chi connectivity index (χ0n) is 11.3. The predicted octanol–water partition coefficient (Wildman–Crippen LogP) is 3.83. The topological polar surface area (TPSA) is 33.1 Å². The van der Waals surface area contributed by atoms with Gasteiger partial charge in [-0.25, -0.2) is 0 Å². The van der Waals surface area contributed by atoms with Crippen LogP contribution in [0.3, 0.4) is 0 Å². The van der Waals surface area contributed by atoms with Crippen LogP contribution < -0.4 is 0 Å². The first kappa shape index (κ1) is 13.2. The minimum Gasteiger partial charge on any atom is -0.383 e. The third kappa shape index (κ3) is 2.79. The van der Waals surface area contributed by atoms with E-state index in [-0.39, 0.29) is 5.41 Å². The van der Waals surface area contributed by atoms with Gasteiger partial charge in [-0.15, -0.1) is 11.3 Å². The lowest BCUT2D eigenvalue weighted by Crippen LogP contribution is -2.07. The van der Waals surface area contributed by atoms with Crippen molar-refractivity contribution in [1.29, 1.82) is 0 Å². The third-order valence-corrected chi connectivity index (χ3v) is 4.41.